The molecule has 0 radical (unpaired) electrons. The van der Waals surface area contributed by atoms with E-state index in [0.29, 0.717) is 24.5 Å². The van der Waals surface area contributed by atoms with Crippen molar-refractivity contribution in [1.82, 2.24) is 10.2 Å². The number of hydrogen-bond donors (Lipinski definition) is 1. The molecule has 2 saturated carbocycles. The van der Waals surface area contributed by atoms with Crippen molar-refractivity contribution in [2.45, 2.75) is 71.4 Å². The highest BCUT2D eigenvalue weighted by Gasteiger charge is 2.32. The van der Waals surface area contributed by atoms with Crippen LogP contribution in [0.2, 0.25) is 0 Å². The lowest BCUT2D eigenvalue weighted by molar-refractivity contribution is -0.130. The molecular weight excluding hydrogens is 236 g/mol. The zero-order chi connectivity index (χ0) is 13.8. The number of amides is 1. The molecule has 19 heavy (non-hydrogen) atoms. The average Bonchev–Trinajstić information content (AvgIpc) is 3.22. The Labute approximate surface area is 118 Å². The van der Waals surface area contributed by atoms with Crippen molar-refractivity contribution in [3.05, 3.63) is 0 Å². The third-order valence-electron chi connectivity index (χ3n) is 4.84. The van der Waals surface area contributed by atoms with Gasteiger partial charge in [0.1, 0.15) is 0 Å². The second kappa shape index (κ2) is 6.74. The number of nitrogens with zero attached hydrogens (tertiary/aromatic N) is 1. The molecule has 3 nitrogen and oxygen atoms in total. The second-order valence-corrected chi connectivity index (χ2v) is 6.59. The highest BCUT2D eigenvalue weighted by Crippen LogP contribution is 2.30. The molecule has 2 atom stereocenters. The molecule has 1 N–H and O–H groups in total. The number of likely N-dealkylation sites (N-methyl/N-ethyl adjacent to an activating group) is 1. The molecule has 110 valence electrons. The van der Waals surface area contributed by atoms with Gasteiger partial charge in [0.05, 0.1) is 6.54 Å². The molecule has 0 aromatic heterocycles. The molecule has 0 aliphatic heterocycles. The largest absolute Gasteiger partial charge is 0.339 e. The molecule has 2 rings (SSSR count). The summed E-state index contributed by atoms with van der Waals surface area (Å²) in [6.45, 7) is 8.12. The number of rotatable bonds is 6. The number of carbonyl (C=O) groups is 1. The Hall–Kier alpha value is -0.570. The van der Waals surface area contributed by atoms with Gasteiger partial charge in [-0.2, -0.15) is 0 Å². The van der Waals surface area contributed by atoms with Crippen LogP contribution in [0.15, 0.2) is 0 Å². The van der Waals surface area contributed by atoms with Crippen LogP contribution in [0.5, 0.6) is 0 Å². The van der Waals surface area contributed by atoms with E-state index in [2.05, 4.69) is 31.0 Å². The molecule has 0 bridgehead atoms. The first-order valence-corrected chi connectivity index (χ1v) is 8.16. The standard InChI is InChI=1S/C16H30N2O/c1-4-18(13-9-10-13)16(19)11-17-15-8-6-5-7-14(15)12(2)3/h12-15,17H,4-11H2,1-3H3. The summed E-state index contributed by atoms with van der Waals surface area (Å²) in [4.78, 5) is 14.3. The van der Waals surface area contributed by atoms with E-state index in [9.17, 15) is 4.79 Å². The Kier molecular flexibility index (Phi) is 5.26. The normalized spacial score (nSPS) is 27.6. The molecule has 0 saturated heterocycles. The second-order valence-electron chi connectivity index (χ2n) is 6.59. The first kappa shape index (κ1) is 14.8. The van der Waals surface area contributed by atoms with Gasteiger partial charge in [0, 0.05) is 18.6 Å². The van der Waals surface area contributed by atoms with Crippen molar-refractivity contribution in [1.29, 1.82) is 0 Å². The van der Waals surface area contributed by atoms with Gasteiger partial charge in [0.2, 0.25) is 5.91 Å². The molecule has 0 heterocycles. The minimum Gasteiger partial charge on any atom is -0.339 e. The zero-order valence-electron chi connectivity index (χ0n) is 12.8. The Balaban J connectivity index is 1.80. The third kappa shape index (κ3) is 3.95. The maximum Gasteiger partial charge on any atom is 0.236 e. The zero-order valence-corrected chi connectivity index (χ0v) is 12.8. The van der Waals surface area contributed by atoms with Crippen molar-refractivity contribution in [3.63, 3.8) is 0 Å². The van der Waals surface area contributed by atoms with Crippen molar-refractivity contribution in [3.8, 4) is 0 Å². The summed E-state index contributed by atoms with van der Waals surface area (Å²) in [5.41, 5.74) is 0. The summed E-state index contributed by atoms with van der Waals surface area (Å²) in [6, 6.07) is 1.10. The van der Waals surface area contributed by atoms with E-state index in [4.69, 9.17) is 0 Å². The highest BCUT2D eigenvalue weighted by molar-refractivity contribution is 5.78. The fraction of sp³-hybridized carbons (Fsp3) is 0.938. The average molecular weight is 266 g/mol. The summed E-state index contributed by atoms with van der Waals surface area (Å²) in [6.07, 6.45) is 7.65. The molecular formula is C16H30N2O. The predicted molar refractivity (Wildman–Crippen MR) is 79.0 cm³/mol. The van der Waals surface area contributed by atoms with E-state index in [0.717, 1.165) is 18.4 Å². The monoisotopic (exact) mass is 266 g/mol. The molecule has 1 amide bonds. The van der Waals surface area contributed by atoms with Crippen molar-refractivity contribution in [2.24, 2.45) is 11.8 Å². The lowest BCUT2D eigenvalue weighted by atomic mass is 9.78. The van der Waals surface area contributed by atoms with Crippen molar-refractivity contribution >= 4 is 5.91 Å². The first-order chi connectivity index (χ1) is 9.13. The van der Waals surface area contributed by atoms with Gasteiger partial charge >= 0.3 is 0 Å². The fourth-order valence-corrected chi connectivity index (χ4v) is 3.56. The molecule has 0 spiro atoms. The van der Waals surface area contributed by atoms with Crippen LogP contribution in [-0.4, -0.2) is 36.0 Å². The van der Waals surface area contributed by atoms with Crippen molar-refractivity contribution < 1.29 is 4.79 Å². The highest BCUT2D eigenvalue weighted by atomic mass is 16.2. The SMILES string of the molecule is CCN(C(=O)CNC1CCCCC1C(C)C)C1CC1. The van der Waals surface area contributed by atoms with Gasteiger partial charge in [0.25, 0.3) is 0 Å². The number of nitrogens with one attached hydrogen (secondary N) is 1. The molecule has 2 aliphatic carbocycles. The quantitative estimate of drug-likeness (QED) is 0.802. The lowest BCUT2D eigenvalue weighted by Gasteiger charge is -2.35. The molecule has 0 aromatic rings. The lowest BCUT2D eigenvalue weighted by Crippen LogP contribution is -2.47. The minimum atomic E-state index is 0.304. The number of hydrogen-bond acceptors (Lipinski definition) is 2. The smallest absolute Gasteiger partial charge is 0.236 e. The minimum absolute atomic E-state index is 0.304. The summed E-state index contributed by atoms with van der Waals surface area (Å²) in [5.74, 6) is 1.77. The summed E-state index contributed by atoms with van der Waals surface area (Å²) in [7, 11) is 0. The van der Waals surface area contributed by atoms with Gasteiger partial charge in [-0.05, 0) is 44.4 Å². The van der Waals surface area contributed by atoms with Gasteiger partial charge in [-0.25, -0.2) is 0 Å². The number of carbonyl (C=O) groups excluding carboxylic acids is 1. The molecule has 2 fully saturated rings. The Morgan fingerprint density at radius 2 is 1.89 bits per heavy atom. The van der Waals surface area contributed by atoms with Crippen LogP contribution in [0.1, 0.15) is 59.3 Å². The maximum atomic E-state index is 12.2. The van der Waals surface area contributed by atoms with Crippen LogP contribution in [0, 0.1) is 11.8 Å². The van der Waals surface area contributed by atoms with Crippen LogP contribution in [0.25, 0.3) is 0 Å². The van der Waals surface area contributed by atoms with Crippen LogP contribution in [-0.2, 0) is 4.79 Å². The van der Waals surface area contributed by atoms with E-state index >= 15 is 0 Å². The van der Waals surface area contributed by atoms with Crippen LogP contribution < -0.4 is 5.32 Å². The van der Waals surface area contributed by atoms with E-state index in [1.807, 2.05) is 0 Å². The Morgan fingerprint density at radius 1 is 1.21 bits per heavy atom. The van der Waals surface area contributed by atoms with Gasteiger partial charge in [0.15, 0.2) is 0 Å². The summed E-state index contributed by atoms with van der Waals surface area (Å²) < 4.78 is 0. The molecule has 0 aromatic carbocycles. The Morgan fingerprint density at radius 3 is 2.47 bits per heavy atom. The van der Waals surface area contributed by atoms with Crippen LogP contribution >= 0.6 is 0 Å². The van der Waals surface area contributed by atoms with E-state index in [-0.39, 0.29) is 0 Å². The van der Waals surface area contributed by atoms with Crippen LogP contribution in [0.4, 0.5) is 0 Å². The van der Waals surface area contributed by atoms with Gasteiger partial charge in [-0.1, -0.05) is 26.7 Å². The molecule has 2 aliphatic rings. The van der Waals surface area contributed by atoms with E-state index in [1.54, 1.807) is 0 Å². The van der Waals surface area contributed by atoms with Gasteiger partial charge in [-0.15, -0.1) is 0 Å². The Bertz CT molecular complexity index is 299. The first-order valence-electron chi connectivity index (χ1n) is 8.16. The predicted octanol–water partition coefficient (Wildman–Crippen LogP) is 2.80. The third-order valence-corrected chi connectivity index (χ3v) is 4.84. The fourth-order valence-electron chi connectivity index (χ4n) is 3.56. The molecule has 2 unspecified atom stereocenters. The molecule has 3 heteroatoms. The van der Waals surface area contributed by atoms with E-state index in [1.165, 1.54) is 38.5 Å². The van der Waals surface area contributed by atoms with Gasteiger partial charge < -0.3 is 10.2 Å². The summed E-state index contributed by atoms with van der Waals surface area (Å²) in [5, 5.41) is 3.56. The van der Waals surface area contributed by atoms with Crippen molar-refractivity contribution in [2.75, 3.05) is 13.1 Å². The maximum absolute atomic E-state index is 12.2. The van der Waals surface area contributed by atoms with E-state index < -0.39 is 0 Å². The van der Waals surface area contributed by atoms with Crippen LogP contribution in [0.3, 0.4) is 0 Å². The topological polar surface area (TPSA) is 32.3 Å². The van der Waals surface area contributed by atoms with Gasteiger partial charge in [-0.3, -0.25) is 4.79 Å². The summed E-state index contributed by atoms with van der Waals surface area (Å²) >= 11 is 0.